The minimum Gasteiger partial charge on any atom is -0.495 e. The highest BCUT2D eigenvalue weighted by molar-refractivity contribution is 6.35. The molecule has 0 radical (unpaired) electrons. The number of methoxy groups -OCH3 is 1. The maximum absolute atomic E-state index is 12.3. The van der Waals surface area contributed by atoms with Gasteiger partial charge >= 0.3 is 5.97 Å². The van der Waals surface area contributed by atoms with Gasteiger partial charge in [-0.1, -0.05) is 83.9 Å². The summed E-state index contributed by atoms with van der Waals surface area (Å²) in [7, 11) is 1.51. The maximum Gasteiger partial charge on any atom is 0.319 e. The maximum atomic E-state index is 12.3. The third kappa shape index (κ3) is 5.67. The number of tetrazole rings is 1. The molecule has 1 atom stereocenters. The summed E-state index contributed by atoms with van der Waals surface area (Å²) in [4.78, 5) is 12.3. The number of nitrogens with zero attached hydrogens (tertiary/aromatic N) is 4. The number of halogens is 2. The zero-order chi connectivity index (χ0) is 25.5. The first-order valence-electron chi connectivity index (χ1n) is 11.3. The van der Waals surface area contributed by atoms with Crippen LogP contribution in [0, 0.1) is 0 Å². The lowest BCUT2D eigenvalue weighted by Crippen LogP contribution is -2.33. The second-order valence-electron chi connectivity index (χ2n) is 7.83. The summed E-state index contributed by atoms with van der Waals surface area (Å²) >= 11 is 12.8. The van der Waals surface area contributed by atoms with E-state index in [1.165, 1.54) is 7.11 Å². The van der Waals surface area contributed by atoms with Gasteiger partial charge in [0.15, 0.2) is 5.82 Å². The van der Waals surface area contributed by atoms with Crippen LogP contribution in [-0.2, 0) is 9.53 Å². The van der Waals surface area contributed by atoms with Gasteiger partial charge in [0.05, 0.1) is 31.3 Å². The van der Waals surface area contributed by atoms with E-state index in [2.05, 4.69) is 20.8 Å². The van der Waals surface area contributed by atoms with Crippen molar-refractivity contribution in [1.29, 1.82) is 0 Å². The molecule has 0 spiro atoms. The van der Waals surface area contributed by atoms with E-state index in [9.17, 15) is 4.79 Å². The molecular weight excluding hydrogens is 501 g/mol. The van der Waals surface area contributed by atoms with Gasteiger partial charge in [-0.05, 0) is 40.6 Å². The summed E-state index contributed by atoms with van der Waals surface area (Å²) in [6.45, 7) is 1.92. The van der Waals surface area contributed by atoms with Crippen LogP contribution in [0.1, 0.15) is 41.5 Å². The van der Waals surface area contributed by atoms with E-state index >= 15 is 0 Å². The average Bonchev–Trinajstić information content (AvgIpc) is 3.34. The lowest BCUT2D eigenvalue weighted by atomic mass is 9.97. The normalized spacial score (nSPS) is 11.9. The Balaban J connectivity index is 1.87. The number of benzene rings is 3. The molecule has 10 heteroatoms. The van der Waals surface area contributed by atoms with Gasteiger partial charge in [-0.3, -0.25) is 10.1 Å². The topological polar surface area (TPSA) is 91.2 Å². The number of esters is 1. The first-order valence-corrected chi connectivity index (χ1v) is 12.1. The number of rotatable bonds is 10. The van der Waals surface area contributed by atoms with Crippen LogP contribution in [0.15, 0.2) is 72.8 Å². The Labute approximate surface area is 219 Å². The quantitative estimate of drug-likeness (QED) is 0.295. The number of nitrogens with one attached hydrogen (secondary N) is 1. The van der Waals surface area contributed by atoms with Crippen molar-refractivity contribution in [1.82, 2.24) is 25.5 Å². The predicted octanol–water partition coefficient (Wildman–Crippen LogP) is 4.87. The van der Waals surface area contributed by atoms with Crippen molar-refractivity contribution in [2.24, 2.45) is 0 Å². The van der Waals surface area contributed by atoms with Gasteiger partial charge in [0.25, 0.3) is 0 Å². The van der Waals surface area contributed by atoms with Gasteiger partial charge in [-0.25, -0.2) is 4.68 Å². The Morgan fingerprint density at radius 3 is 2.25 bits per heavy atom. The minimum atomic E-state index is -0.703. The van der Waals surface area contributed by atoms with Crippen LogP contribution in [0.4, 0.5) is 0 Å². The molecule has 1 heterocycles. The Morgan fingerprint density at radius 2 is 1.67 bits per heavy atom. The molecule has 8 nitrogen and oxygen atoms in total. The summed E-state index contributed by atoms with van der Waals surface area (Å²) in [5.74, 6) is 0.415. The first kappa shape index (κ1) is 25.6. The van der Waals surface area contributed by atoms with E-state index < -0.39 is 12.0 Å². The van der Waals surface area contributed by atoms with Crippen molar-refractivity contribution in [3.05, 3.63) is 105 Å². The molecule has 0 saturated carbocycles. The summed E-state index contributed by atoms with van der Waals surface area (Å²) in [5, 5.41) is 16.7. The van der Waals surface area contributed by atoms with Gasteiger partial charge in [0.1, 0.15) is 11.8 Å². The fraction of sp³-hybridized carbons (Fsp3) is 0.231. The van der Waals surface area contributed by atoms with Crippen molar-refractivity contribution in [2.75, 3.05) is 20.3 Å². The van der Waals surface area contributed by atoms with Crippen LogP contribution in [0.2, 0.25) is 10.0 Å². The van der Waals surface area contributed by atoms with Gasteiger partial charge in [-0.15, -0.1) is 5.10 Å². The van der Waals surface area contributed by atoms with E-state index in [4.69, 9.17) is 32.7 Å². The molecule has 186 valence electrons. The smallest absolute Gasteiger partial charge is 0.319 e. The SMILES string of the molecule is CCOC(=O)CN[C@H](c1cc(Cl)cc(Cl)c1OC)c1nnnn1C(c1ccccc1)c1ccccc1. The van der Waals surface area contributed by atoms with Crippen LogP contribution >= 0.6 is 23.2 Å². The highest BCUT2D eigenvalue weighted by Gasteiger charge is 2.30. The largest absolute Gasteiger partial charge is 0.495 e. The van der Waals surface area contributed by atoms with Crippen molar-refractivity contribution < 1.29 is 14.3 Å². The van der Waals surface area contributed by atoms with E-state index in [1.807, 2.05) is 60.7 Å². The molecule has 4 rings (SSSR count). The second kappa shape index (κ2) is 12.0. The third-order valence-electron chi connectivity index (χ3n) is 5.56. The van der Waals surface area contributed by atoms with Crippen molar-refractivity contribution >= 4 is 29.2 Å². The Morgan fingerprint density at radius 1 is 1.03 bits per heavy atom. The standard InChI is InChI=1S/C26H25Cl2N5O3/c1-3-36-22(34)16-29-23(20-14-19(27)15-21(28)25(20)35-2)26-30-31-32-33(26)24(17-10-6-4-7-11-17)18-12-8-5-9-13-18/h4-15,23-24,29H,3,16H2,1-2H3/t23-/m1/s1. The molecule has 1 N–H and O–H groups in total. The van der Waals surface area contributed by atoms with Gasteiger partial charge in [0.2, 0.25) is 0 Å². The number of aromatic nitrogens is 4. The Bertz CT molecular complexity index is 1260. The van der Waals surface area contributed by atoms with Gasteiger partial charge in [-0.2, -0.15) is 0 Å². The molecule has 4 aromatic rings. The molecule has 1 aromatic heterocycles. The molecule has 3 aromatic carbocycles. The van der Waals surface area contributed by atoms with Crippen LogP contribution < -0.4 is 10.1 Å². The van der Waals surface area contributed by atoms with E-state index in [0.717, 1.165) is 11.1 Å². The monoisotopic (exact) mass is 525 g/mol. The van der Waals surface area contributed by atoms with Crippen molar-refractivity contribution in [3.63, 3.8) is 0 Å². The third-order valence-corrected chi connectivity index (χ3v) is 6.06. The molecule has 0 aliphatic heterocycles. The number of carbonyl (C=O) groups excluding carboxylic acids is 1. The Kier molecular flexibility index (Phi) is 8.53. The summed E-state index contributed by atoms with van der Waals surface area (Å²) in [5.41, 5.74) is 2.55. The second-order valence-corrected chi connectivity index (χ2v) is 8.68. The summed E-state index contributed by atoms with van der Waals surface area (Å²) < 4.78 is 12.5. The fourth-order valence-electron chi connectivity index (χ4n) is 4.07. The molecular formula is C26H25Cl2N5O3. The highest BCUT2D eigenvalue weighted by Crippen LogP contribution is 2.39. The molecule has 0 bridgehead atoms. The molecule has 0 aliphatic rings. The number of ether oxygens (including phenoxy) is 2. The van der Waals surface area contributed by atoms with Gasteiger partial charge in [0, 0.05) is 10.6 Å². The number of hydrogen-bond donors (Lipinski definition) is 1. The lowest BCUT2D eigenvalue weighted by molar-refractivity contribution is -0.142. The van der Waals surface area contributed by atoms with Crippen molar-refractivity contribution in [3.8, 4) is 5.75 Å². The Hall–Kier alpha value is -3.46. The van der Waals surface area contributed by atoms with Gasteiger partial charge < -0.3 is 9.47 Å². The van der Waals surface area contributed by atoms with E-state index in [0.29, 0.717) is 27.2 Å². The fourth-order valence-corrected chi connectivity index (χ4v) is 4.65. The molecule has 0 fully saturated rings. The van der Waals surface area contributed by atoms with E-state index in [-0.39, 0.29) is 19.2 Å². The molecule has 36 heavy (non-hydrogen) atoms. The summed E-state index contributed by atoms with van der Waals surface area (Å²) in [6.07, 6.45) is 0. The minimum absolute atomic E-state index is 0.0972. The molecule has 0 amide bonds. The van der Waals surface area contributed by atoms with Crippen molar-refractivity contribution in [2.45, 2.75) is 19.0 Å². The van der Waals surface area contributed by atoms with Crippen LogP contribution in [0.25, 0.3) is 0 Å². The number of carbonyl (C=O) groups is 1. The zero-order valence-corrected chi connectivity index (χ0v) is 21.3. The predicted molar refractivity (Wildman–Crippen MR) is 137 cm³/mol. The highest BCUT2D eigenvalue weighted by atomic mass is 35.5. The van der Waals surface area contributed by atoms with Crippen LogP contribution in [0.3, 0.4) is 0 Å². The first-order chi connectivity index (χ1) is 17.5. The molecule has 0 saturated heterocycles. The summed E-state index contributed by atoms with van der Waals surface area (Å²) in [6, 6.07) is 22.1. The molecule has 0 aliphatic carbocycles. The lowest BCUT2D eigenvalue weighted by Gasteiger charge is -2.25. The average molecular weight is 526 g/mol. The van der Waals surface area contributed by atoms with Crippen LogP contribution in [0.5, 0.6) is 5.75 Å². The van der Waals surface area contributed by atoms with Crippen LogP contribution in [-0.4, -0.2) is 46.4 Å². The zero-order valence-electron chi connectivity index (χ0n) is 19.8. The van der Waals surface area contributed by atoms with E-state index in [1.54, 1.807) is 23.7 Å². The molecule has 0 unspecified atom stereocenters. The number of hydrogen-bond acceptors (Lipinski definition) is 7.